The Kier molecular flexibility index (Phi) is 27.8. The summed E-state index contributed by atoms with van der Waals surface area (Å²) in [5, 5.41) is 17.8. The van der Waals surface area contributed by atoms with Crippen LogP contribution in [0.3, 0.4) is 0 Å². The molecular weight excluding hydrogens is 1270 g/mol. The van der Waals surface area contributed by atoms with Crippen molar-refractivity contribution in [3.8, 4) is 11.8 Å². The topological polar surface area (TPSA) is 275 Å². The number of nitrogens with zero attached hydrogens (tertiary/aromatic N) is 8. The van der Waals surface area contributed by atoms with Crippen LogP contribution < -0.4 is 37.1 Å². The van der Waals surface area contributed by atoms with Gasteiger partial charge in [0, 0.05) is 20.3 Å². The first kappa shape index (κ1) is 77.7. The zero-order valence-corrected chi connectivity index (χ0v) is 61.1. The summed E-state index contributed by atoms with van der Waals surface area (Å²) < 4.78 is 69.3. The number of hydrogen-bond acceptors (Lipinski definition) is 20. The number of methoxy groups -OCH3 is 2. The number of anilines is 2. The third kappa shape index (κ3) is 15.0. The van der Waals surface area contributed by atoms with E-state index in [4.69, 9.17) is 44.9 Å². The van der Waals surface area contributed by atoms with Crippen molar-refractivity contribution < 1.29 is 81.4 Å². The number of imidazole rings is 2. The maximum Gasteiger partial charge on any atom is 2.00 e. The summed E-state index contributed by atoms with van der Waals surface area (Å²) in [5.74, 6) is -0.497. The summed E-state index contributed by atoms with van der Waals surface area (Å²) in [6, 6.07) is 0. The first-order valence-electron chi connectivity index (χ1n) is 29.1. The van der Waals surface area contributed by atoms with Crippen LogP contribution in [0.15, 0.2) is 38.0 Å². The number of hydrogen-bond donors (Lipinski definition) is 3. The van der Waals surface area contributed by atoms with Gasteiger partial charge in [-0.3, -0.25) is 34.2 Å². The Bertz CT molecular complexity index is 2960. The zero-order valence-electron chi connectivity index (χ0n) is 54.1. The number of allylic oxidation sites excluding steroid dienone is 1. The molecule has 4 aromatic rings. The second kappa shape index (κ2) is 31.2. The van der Waals surface area contributed by atoms with Gasteiger partial charge in [0.2, 0.25) is 41.3 Å². The molecule has 7 atom stereocenters. The van der Waals surface area contributed by atoms with Crippen LogP contribution in [0, 0.1) is 6.92 Å². The third-order valence-electron chi connectivity index (χ3n) is 16.1. The number of amides is 2. The molecule has 8 rings (SSSR count). The largest absolute Gasteiger partial charge is 2.00 e. The maximum atomic E-state index is 14.0. The first-order valence-corrected chi connectivity index (χ1v) is 37.0. The van der Waals surface area contributed by atoms with Crippen molar-refractivity contribution in [1.82, 2.24) is 39.0 Å². The fourth-order valence-electron chi connectivity index (χ4n) is 12.1. The second-order valence-corrected chi connectivity index (χ2v) is 42.1. The Hall–Kier alpha value is -3.59. The smallest absolute Gasteiger partial charge is 1.00 e. The van der Waals surface area contributed by atoms with Gasteiger partial charge in [-0.25, -0.2) is 29.5 Å². The number of carbonyl (C=O) groups is 3. The molecule has 0 aromatic carbocycles. The van der Waals surface area contributed by atoms with E-state index >= 15 is 0 Å². The van der Waals surface area contributed by atoms with Crippen molar-refractivity contribution in [1.29, 1.82) is 0 Å². The molecule has 0 unspecified atom stereocenters. The molecule has 24 nitrogen and oxygen atoms in total. The predicted molar refractivity (Wildman–Crippen MR) is 341 cm³/mol. The van der Waals surface area contributed by atoms with Crippen LogP contribution >= 0.6 is 0 Å². The SMILES string of the molecule is C.C=CC[C@]1(O)[C@@H]2O[Si](C(C)C)(C(C)C)O[Si](C(C)C)(C(C)C)OC[C@H]2O[C@H]1n1cnc2c(OC)nc(NC(C)=O)nc21.C=C[CH2-].COc1nc(NC(C)=O)nc2c1ncn2[C@@H]1O[C@@H]2CO[Si](C(C)C)(C(C)C)O[Si](C(C)C)(C(C)C)O[C@H]2C1=O.[Br-].[Mg+2]. The average molecular weight is 1360 g/mol. The molecule has 0 saturated carbocycles. The van der Waals surface area contributed by atoms with Crippen molar-refractivity contribution >= 4 is 109 Å². The standard InChI is InChI=1S/C28H47N5O7Si2.C25H41N5O7Si2.C3H5.CH4.BrH.Mg/c1-12-13-28(35)23-21(14-37-41(16(2)3,17(4)5)40-42(39-23,18(6)7)19(8)9)38-26(28)33-15-29-22-24(33)31-27(30-20(10)34)32-25(22)36-11;1-13(2)38(14(3)4)34-11-18-21(36-39(37-38,15(5)6)16(7)8)20(32)24(35-18)30-12-26-19-22(30)28-25(27-17(9)31)29-23(19)33-10;1-3-2;;;/h12,15-19,21,23,26,35H,1,13-14H2,2-11H3,(H,30,31,32,34);12-16,18,21,24H,11H2,1-10H3,(H,27,28,29,31);3H,1-2H2;1H4;1H;/q;;-1;;;+2/p-1/t21-,23-,26-,28+;18-,21-,24-;;;;/m11..../s1. The van der Waals surface area contributed by atoms with Gasteiger partial charge in [-0.1, -0.05) is 124 Å². The summed E-state index contributed by atoms with van der Waals surface area (Å²) in [6.07, 6.45) is 1.42. The molecule has 0 radical (unpaired) electrons. The van der Waals surface area contributed by atoms with E-state index < -0.39 is 76.7 Å². The molecule has 0 bridgehead atoms. The van der Waals surface area contributed by atoms with Crippen LogP contribution in [-0.2, 0) is 49.8 Å². The van der Waals surface area contributed by atoms with E-state index in [1.807, 2.05) is 0 Å². The molecule has 4 saturated heterocycles. The van der Waals surface area contributed by atoms with E-state index in [9.17, 15) is 19.5 Å². The van der Waals surface area contributed by atoms with E-state index in [1.54, 1.807) is 10.6 Å². The molecule has 2 amide bonds. The maximum absolute atomic E-state index is 14.0. The molecule has 0 aliphatic carbocycles. The van der Waals surface area contributed by atoms with Crippen molar-refractivity contribution in [3.63, 3.8) is 0 Å². The minimum Gasteiger partial charge on any atom is -1.00 e. The number of ether oxygens (including phenoxy) is 4. The van der Waals surface area contributed by atoms with Crippen molar-refractivity contribution in [2.45, 2.75) is 225 Å². The quantitative estimate of drug-likeness (QED) is 0.0558. The fraction of sp³-hybridized carbons (Fsp3) is 0.684. The molecule has 4 aliphatic heterocycles. The van der Waals surface area contributed by atoms with E-state index in [-0.39, 0.29) is 153 Å². The van der Waals surface area contributed by atoms with Gasteiger partial charge in [-0.2, -0.15) is 19.9 Å². The number of ketones is 1. The van der Waals surface area contributed by atoms with Crippen molar-refractivity contribution in [3.05, 3.63) is 44.9 Å². The van der Waals surface area contributed by atoms with E-state index in [0.717, 1.165) is 0 Å². The molecule has 4 aromatic heterocycles. The summed E-state index contributed by atoms with van der Waals surface area (Å²) in [7, 11) is -8.73. The van der Waals surface area contributed by atoms with Gasteiger partial charge in [0.25, 0.3) is 0 Å². The first-order chi connectivity index (χ1) is 39.3. The Morgan fingerprint density at radius 3 is 1.44 bits per heavy atom. The molecule has 0 spiro atoms. The van der Waals surface area contributed by atoms with E-state index in [1.165, 1.54) is 51.4 Å². The number of Topliss-reactive ketones (excluding diaryl/α,β-unsaturated/α-hetero) is 1. The molecular formula is C57H97BrMgN10O14Si4. The van der Waals surface area contributed by atoms with Crippen LogP contribution in [0.1, 0.15) is 151 Å². The molecule has 30 heteroatoms. The van der Waals surface area contributed by atoms with Gasteiger partial charge in [-0.05, 0) is 44.3 Å². The minimum absolute atomic E-state index is 0. The Balaban J connectivity index is 0.000000422. The molecule has 484 valence electrons. The fourth-order valence-corrected chi connectivity index (χ4v) is 34.5. The Morgan fingerprint density at radius 1 is 0.678 bits per heavy atom. The summed E-state index contributed by atoms with van der Waals surface area (Å²) in [5.41, 5.74) is 0.710. The normalized spacial score (nSPS) is 24.5. The number of halogens is 1. The number of carbonyl (C=O) groups excluding carboxylic acids is 3. The number of rotatable bonds is 16. The molecule has 4 fully saturated rings. The number of fused-ring (bicyclic) bond motifs is 4. The zero-order chi connectivity index (χ0) is 62.8. The number of aliphatic hydroxyl groups is 1. The average Bonchev–Trinajstić information content (AvgIpc) is 1.67. The van der Waals surface area contributed by atoms with E-state index in [2.05, 4.69) is 171 Å². The van der Waals surface area contributed by atoms with Crippen molar-refractivity contribution in [2.24, 2.45) is 0 Å². The predicted octanol–water partition coefficient (Wildman–Crippen LogP) is 7.44. The van der Waals surface area contributed by atoms with E-state index in [0.29, 0.717) is 22.3 Å². The van der Waals surface area contributed by atoms with Gasteiger partial charge in [0.05, 0.1) is 40.1 Å². The molecule has 8 heterocycles. The number of nitrogens with one attached hydrogen (secondary N) is 2. The molecule has 4 aliphatic rings. The van der Waals surface area contributed by atoms with Gasteiger partial charge >= 0.3 is 57.3 Å². The summed E-state index contributed by atoms with van der Waals surface area (Å²) in [6.45, 7) is 47.8. The Labute approximate surface area is 546 Å². The molecule has 87 heavy (non-hydrogen) atoms. The van der Waals surface area contributed by atoms with Gasteiger partial charge in [0.1, 0.15) is 30.0 Å². The van der Waals surface area contributed by atoms with Crippen molar-refractivity contribution in [2.75, 3.05) is 38.1 Å². The van der Waals surface area contributed by atoms with Crippen LogP contribution in [0.25, 0.3) is 22.3 Å². The third-order valence-corrected chi connectivity index (χ3v) is 36.6. The van der Waals surface area contributed by atoms with Crippen LogP contribution in [-0.4, -0.2) is 176 Å². The van der Waals surface area contributed by atoms with Gasteiger partial charge in [-0.15, -0.1) is 6.58 Å². The van der Waals surface area contributed by atoms with Crippen LogP contribution in [0.5, 0.6) is 11.8 Å². The summed E-state index contributed by atoms with van der Waals surface area (Å²) in [4.78, 5) is 63.8. The monoisotopic (exact) mass is 1360 g/mol. The number of aromatic nitrogens is 8. The van der Waals surface area contributed by atoms with Crippen LogP contribution in [0.2, 0.25) is 44.3 Å². The molecule has 3 N–H and O–H groups in total. The Morgan fingerprint density at radius 2 is 1.06 bits per heavy atom. The minimum atomic E-state index is -3.05. The van der Waals surface area contributed by atoms with Gasteiger partial charge < -0.3 is 67.0 Å². The van der Waals surface area contributed by atoms with Gasteiger partial charge in [0.15, 0.2) is 34.8 Å². The second-order valence-electron chi connectivity index (χ2n) is 24.4. The summed E-state index contributed by atoms with van der Waals surface area (Å²) >= 11 is 0. The van der Waals surface area contributed by atoms with Crippen LogP contribution in [0.4, 0.5) is 11.9 Å².